The van der Waals surface area contributed by atoms with Crippen LogP contribution in [0.3, 0.4) is 0 Å². The molecule has 4 aromatic carbocycles. The Labute approximate surface area is 611 Å². The summed E-state index contributed by atoms with van der Waals surface area (Å²) >= 11 is 0. The number of nitrogens with one attached hydrogen (secondary N) is 1. The molecule has 3 aromatic heterocycles. The van der Waals surface area contributed by atoms with Crippen molar-refractivity contribution in [1.82, 2.24) is 30.1 Å². The van der Waals surface area contributed by atoms with Gasteiger partial charge in [0, 0.05) is 111 Å². The molecule has 3 atom stereocenters. The molecular formula is C86H106N6O11. The molecule has 1 N–H and O–H groups in total. The van der Waals surface area contributed by atoms with Crippen molar-refractivity contribution in [3.8, 4) is 46.0 Å². The number of aryl methyl sites for hydroxylation is 3. The number of nitrogens with zero attached hydrogens (tertiary/aromatic N) is 5. The standard InChI is InChI=1S/C86H106N6O11/c1-63(26-17-29-66-32-23-43-87-60-66)90-84(93)40-20-37-69(71-48-75(96-4)56-76(49-71)97-5)35-13-12-15-46-91(64(2)27-18-30-67-33-24-44-88-61-67)85(94)41-21-38-70(72-50-77(98-6)57-78(51-72)99-7)36-14-16-47-92(65(3)28-19-31-68-34-25-45-89-62-68)86(95)42-22-39-83(73-52-79(100-8)58-80(53-73)101-9)74-54-81(102-10)59-82(55-74)103-11/h20-25,32-34,37-45,48-65H,12-19,26-31,35-36,46-47H2,1-11H3,(H,90,93)/b40-20+,41-21+,42-22+,69-37+,70-38+/t63-,64-,65-/m1/s1. The topological polar surface area (TPSA) is 182 Å². The molecule has 546 valence electrons. The van der Waals surface area contributed by atoms with Crippen LogP contribution >= 0.6 is 0 Å². The molecule has 0 aliphatic carbocycles. The van der Waals surface area contributed by atoms with Crippen LogP contribution < -0.4 is 43.2 Å². The third-order valence-corrected chi connectivity index (χ3v) is 18.3. The van der Waals surface area contributed by atoms with Gasteiger partial charge < -0.3 is 53.0 Å². The van der Waals surface area contributed by atoms with E-state index in [9.17, 15) is 14.4 Å². The molecule has 0 fully saturated rings. The van der Waals surface area contributed by atoms with Crippen LogP contribution in [0.1, 0.15) is 143 Å². The van der Waals surface area contributed by atoms with E-state index in [0.29, 0.717) is 78.3 Å². The van der Waals surface area contributed by atoms with E-state index >= 15 is 0 Å². The second kappa shape index (κ2) is 44.1. The van der Waals surface area contributed by atoms with E-state index in [4.69, 9.17) is 37.9 Å². The molecule has 0 aliphatic rings. The van der Waals surface area contributed by atoms with Crippen LogP contribution in [0.4, 0.5) is 0 Å². The molecule has 3 amide bonds. The number of ether oxygens (including phenoxy) is 8. The summed E-state index contributed by atoms with van der Waals surface area (Å²) in [5.41, 5.74) is 9.74. The maximum absolute atomic E-state index is 14.8. The second-order valence-electron chi connectivity index (χ2n) is 25.6. The minimum absolute atomic E-state index is 0.00764. The molecule has 103 heavy (non-hydrogen) atoms. The summed E-state index contributed by atoms with van der Waals surface area (Å²) in [7, 11) is 13.0. The molecule has 0 radical (unpaired) electrons. The van der Waals surface area contributed by atoms with Gasteiger partial charge in [-0.05, 0) is 239 Å². The van der Waals surface area contributed by atoms with Gasteiger partial charge in [-0.3, -0.25) is 29.3 Å². The van der Waals surface area contributed by atoms with Crippen molar-refractivity contribution in [2.75, 3.05) is 70.0 Å². The summed E-state index contributed by atoms with van der Waals surface area (Å²) in [6.45, 7) is 7.36. The zero-order chi connectivity index (χ0) is 73.6. The first kappa shape index (κ1) is 79.9. The minimum atomic E-state index is -0.151. The minimum Gasteiger partial charge on any atom is -0.497 e. The van der Waals surface area contributed by atoms with Crippen molar-refractivity contribution in [2.45, 2.75) is 142 Å². The fraction of sp³-hybridized carbons (Fsp3) is 0.372. The summed E-state index contributed by atoms with van der Waals surface area (Å²) in [6, 6.07) is 35.0. The predicted molar refractivity (Wildman–Crippen MR) is 412 cm³/mol. The van der Waals surface area contributed by atoms with Gasteiger partial charge in [0.2, 0.25) is 17.7 Å². The molecule has 17 heteroatoms. The van der Waals surface area contributed by atoms with Gasteiger partial charge in [-0.25, -0.2) is 0 Å². The number of pyridine rings is 3. The maximum Gasteiger partial charge on any atom is 0.246 e. The quantitative estimate of drug-likeness (QED) is 0.0216. The molecule has 3 heterocycles. The number of benzene rings is 4. The Morgan fingerprint density at radius 3 is 1.09 bits per heavy atom. The van der Waals surface area contributed by atoms with E-state index in [2.05, 4.69) is 52.3 Å². The number of rotatable bonds is 44. The van der Waals surface area contributed by atoms with Gasteiger partial charge in [-0.2, -0.15) is 0 Å². The van der Waals surface area contributed by atoms with Crippen LogP contribution in [0, 0.1) is 0 Å². The van der Waals surface area contributed by atoms with E-state index in [1.807, 2.05) is 157 Å². The van der Waals surface area contributed by atoms with Crippen molar-refractivity contribution in [3.63, 3.8) is 0 Å². The van der Waals surface area contributed by atoms with E-state index in [1.54, 1.807) is 99.8 Å². The molecule has 0 aliphatic heterocycles. The van der Waals surface area contributed by atoms with Crippen molar-refractivity contribution < 1.29 is 52.3 Å². The number of amides is 3. The zero-order valence-corrected chi connectivity index (χ0v) is 62.2. The highest BCUT2D eigenvalue weighted by atomic mass is 16.5. The van der Waals surface area contributed by atoms with Crippen LogP contribution in [-0.4, -0.2) is 131 Å². The molecule has 0 saturated carbocycles. The Balaban J connectivity index is 1.09. The molecule has 7 rings (SSSR count). The molecule has 0 unspecified atom stereocenters. The number of carbonyl (C=O) groups is 3. The Hall–Kier alpha value is -10.4. The van der Waals surface area contributed by atoms with E-state index in [-0.39, 0.29) is 35.8 Å². The first-order chi connectivity index (χ1) is 50.1. The first-order valence-corrected chi connectivity index (χ1v) is 35.8. The molecule has 0 bridgehead atoms. The van der Waals surface area contributed by atoms with Crippen LogP contribution in [0.5, 0.6) is 46.0 Å². The number of allylic oxidation sites excluding steroid dienone is 8. The lowest BCUT2D eigenvalue weighted by Crippen LogP contribution is -2.38. The Morgan fingerprint density at radius 2 is 0.728 bits per heavy atom. The molecule has 0 saturated heterocycles. The molecule has 17 nitrogen and oxygen atoms in total. The Morgan fingerprint density at radius 1 is 0.398 bits per heavy atom. The largest absolute Gasteiger partial charge is 0.497 e. The van der Waals surface area contributed by atoms with Gasteiger partial charge in [0.25, 0.3) is 0 Å². The van der Waals surface area contributed by atoms with Crippen molar-refractivity contribution in [1.29, 1.82) is 0 Å². The average molecular weight is 1400 g/mol. The van der Waals surface area contributed by atoms with Crippen LogP contribution in [0.2, 0.25) is 0 Å². The Bertz CT molecular complexity index is 3800. The molecule has 0 spiro atoms. The lowest BCUT2D eigenvalue weighted by atomic mass is 9.96. The summed E-state index contributed by atoms with van der Waals surface area (Å²) in [6.07, 6.45) is 40.3. The van der Waals surface area contributed by atoms with Crippen LogP contribution in [-0.2, 0) is 33.6 Å². The van der Waals surface area contributed by atoms with Crippen molar-refractivity contribution >= 4 is 34.4 Å². The van der Waals surface area contributed by atoms with Gasteiger partial charge in [-0.15, -0.1) is 0 Å². The van der Waals surface area contributed by atoms with Gasteiger partial charge in [0.1, 0.15) is 46.0 Å². The predicted octanol–water partition coefficient (Wildman–Crippen LogP) is 16.9. The van der Waals surface area contributed by atoms with Gasteiger partial charge >= 0.3 is 0 Å². The van der Waals surface area contributed by atoms with Gasteiger partial charge in [0.05, 0.1) is 56.9 Å². The van der Waals surface area contributed by atoms with Gasteiger partial charge in [-0.1, -0.05) is 61.1 Å². The lowest BCUT2D eigenvalue weighted by Gasteiger charge is -2.29. The smallest absolute Gasteiger partial charge is 0.246 e. The Kier molecular flexibility index (Phi) is 34.2. The number of hydrogen-bond donors (Lipinski definition) is 1. The van der Waals surface area contributed by atoms with Crippen LogP contribution in [0.15, 0.2) is 201 Å². The third kappa shape index (κ3) is 27.1. The SMILES string of the molecule is COc1cc(OC)cc(C(=C/C=C/C(=O)N(CCCC/C(=C\C=C\C(=O)N(CCCCC/C(=C\C=C\C(=O)N[C@H](C)CCCc2cccnc2)c2cc(OC)cc(OC)c2)[C@H](C)CCCc2cccnc2)c2cc(OC)cc(OC)c2)[C@H](C)CCCc2cccnc2)c2cc(OC)cc(OC)c2)c1. The first-order valence-electron chi connectivity index (χ1n) is 35.8. The van der Waals surface area contributed by atoms with E-state index in [1.165, 1.54) is 5.56 Å². The average Bonchev–Trinajstić information content (AvgIpc) is 0.772. The highest BCUT2D eigenvalue weighted by molar-refractivity contribution is 5.90. The lowest BCUT2D eigenvalue weighted by molar-refractivity contribution is -0.129. The fourth-order valence-electron chi connectivity index (χ4n) is 12.4. The maximum atomic E-state index is 14.8. The van der Waals surface area contributed by atoms with Crippen LogP contribution in [0.25, 0.3) is 16.7 Å². The number of hydrogen-bond acceptors (Lipinski definition) is 14. The second-order valence-corrected chi connectivity index (χ2v) is 25.6. The monoisotopic (exact) mass is 1400 g/mol. The number of unbranched alkanes of at least 4 members (excludes halogenated alkanes) is 3. The molecular weight excluding hydrogens is 1290 g/mol. The number of carbonyl (C=O) groups excluding carboxylic acids is 3. The zero-order valence-electron chi connectivity index (χ0n) is 62.2. The van der Waals surface area contributed by atoms with E-state index < -0.39 is 0 Å². The normalized spacial score (nSPS) is 12.5. The number of aromatic nitrogens is 3. The molecule has 7 aromatic rings. The van der Waals surface area contributed by atoms with Crippen molar-refractivity contribution in [3.05, 3.63) is 240 Å². The fourth-order valence-corrected chi connectivity index (χ4v) is 12.4. The van der Waals surface area contributed by atoms with Gasteiger partial charge in [0.15, 0.2) is 0 Å². The summed E-state index contributed by atoms with van der Waals surface area (Å²) in [5.74, 6) is 4.73. The highest BCUT2D eigenvalue weighted by Crippen LogP contribution is 2.36. The van der Waals surface area contributed by atoms with Crippen molar-refractivity contribution in [2.24, 2.45) is 0 Å². The summed E-state index contributed by atoms with van der Waals surface area (Å²) in [5, 5.41) is 3.12. The highest BCUT2D eigenvalue weighted by Gasteiger charge is 2.21. The van der Waals surface area contributed by atoms with E-state index in [0.717, 1.165) is 134 Å². The summed E-state index contributed by atoms with van der Waals surface area (Å²) < 4.78 is 45.7. The third-order valence-electron chi connectivity index (χ3n) is 18.3. The summed E-state index contributed by atoms with van der Waals surface area (Å²) in [4.78, 5) is 59.6. The number of methoxy groups -OCH3 is 8.